The lowest BCUT2D eigenvalue weighted by Crippen LogP contribution is -2.45. The Morgan fingerprint density at radius 2 is 1.79 bits per heavy atom. The molecule has 2 aromatic rings. The predicted octanol–water partition coefficient (Wildman–Crippen LogP) is 1.81. The molecule has 5 heteroatoms. The summed E-state index contributed by atoms with van der Waals surface area (Å²) in [5.74, 6) is -0.0784. The van der Waals surface area contributed by atoms with Crippen LogP contribution in [0.2, 0.25) is 0 Å². The Kier molecular flexibility index (Phi) is 3.87. The Bertz CT molecular complexity index is 595. The van der Waals surface area contributed by atoms with Crippen molar-refractivity contribution in [2.24, 2.45) is 0 Å². The SMILES string of the molecule is COC(=O)c1ccc[n+](C(=O)Oc2ccccc2)c1. The van der Waals surface area contributed by atoms with Crippen molar-refractivity contribution in [3.05, 3.63) is 60.4 Å². The summed E-state index contributed by atoms with van der Waals surface area (Å²) in [5.41, 5.74) is 0.273. The van der Waals surface area contributed by atoms with Crippen LogP contribution in [0.1, 0.15) is 10.4 Å². The van der Waals surface area contributed by atoms with Crippen LogP contribution in [0.3, 0.4) is 0 Å². The molecule has 0 aliphatic carbocycles. The summed E-state index contributed by atoms with van der Waals surface area (Å²) < 4.78 is 10.9. The lowest BCUT2D eigenvalue weighted by atomic mass is 10.3. The zero-order chi connectivity index (χ0) is 13.7. The van der Waals surface area contributed by atoms with E-state index in [-0.39, 0.29) is 5.56 Å². The average molecular weight is 258 g/mol. The van der Waals surface area contributed by atoms with Crippen molar-refractivity contribution in [2.75, 3.05) is 7.11 Å². The zero-order valence-electron chi connectivity index (χ0n) is 10.3. The molecular weight excluding hydrogens is 246 g/mol. The van der Waals surface area contributed by atoms with Crippen LogP contribution in [0.15, 0.2) is 54.9 Å². The van der Waals surface area contributed by atoms with Crippen molar-refractivity contribution in [1.29, 1.82) is 0 Å². The predicted molar refractivity (Wildman–Crippen MR) is 65.8 cm³/mol. The van der Waals surface area contributed by atoms with E-state index in [4.69, 9.17) is 4.74 Å². The molecule has 96 valence electrons. The van der Waals surface area contributed by atoms with Crippen LogP contribution in [-0.2, 0) is 4.74 Å². The van der Waals surface area contributed by atoms with Gasteiger partial charge in [0.1, 0.15) is 11.3 Å². The molecule has 2 rings (SSSR count). The second-order valence-corrected chi connectivity index (χ2v) is 3.67. The zero-order valence-corrected chi connectivity index (χ0v) is 10.3. The quantitative estimate of drug-likeness (QED) is 0.609. The van der Waals surface area contributed by atoms with Crippen LogP contribution in [0.4, 0.5) is 4.79 Å². The number of carbonyl (C=O) groups excluding carboxylic acids is 2. The third-order valence-corrected chi connectivity index (χ3v) is 2.38. The number of ether oxygens (including phenoxy) is 2. The largest absolute Gasteiger partial charge is 0.607 e. The fourth-order valence-electron chi connectivity index (χ4n) is 1.47. The molecule has 0 N–H and O–H groups in total. The van der Waals surface area contributed by atoms with Crippen molar-refractivity contribution >= 4 is 12.1 Å². The van der Waals surface area contributed by atoms with Gasteiger partial charge in [-0.25, -0.2) is 4.79 Å². The number of pyridine rings is 1. The van der Waals surface area contributed by atoms with Gasteiger partial charge in [-0.2, -0.15) is 4.79 Å². The van der Waals surface area contributed by atoms with Crippen molar-refractivity contribution in [3.63, 3.8) is 0 Å². The normalized spacial score (nSPS) is 9.74. The molecule has 5 nitrogen and oxygen atoms in total. The highest BCUT2D eigenvalue weighted by molar-refractivity contribution is 5.88. The number of benzene rings is 1. The number of para-hydroxylation sites is 1. The van der Waals surface area contributed by atoms with Gasteiger partial charge in [-0.15, -0.1) is 0 Å². The van der Waals surface area contributed by atoms with Crippen molar-refractivity contribution in [3.8, 4) is 5.75 Å². The Hall–Kier alpha value is -2.69. The second-order valence-electron chi connectivity index (χ2n) is 3.67. The first-order valence-electron chi connectivity index (χ1n) is 5.57. The minimum Gasteiger partial charge on any atom is -0.465 e. The first-order valence-corrected chi connectivity index (χ1v) is 5.57. The summed E-state index contributed by atoms with van der Waals surface area (Å²) in [6, 6.07) is 11.8. The molecule has 0 unspecified atom stereocenters. The number of nitrogens with zero attached hydrogens (tertiary/aromatic N) is 1. The van der Waals surface area contributed by atoms with Crippen molar-refractivity contribution in [1.82, 2.24) is 0 Å². The number of carbonyl (C=O) groups is 2. The lowest BCUT2D eigenvalue weighted by molar-refractivity contribution is -0.582. The molecule has 1 heterocycles. The van der Waals surface area contributed by atoms with Gasteiger partial charge in [-0.1, -0.05) is 22.8 Å². The molecule has 0 spiro atoms. The van der Waals surface area contributed by atoms with Crippen LogP contribution in [0.25, 0.3) is 0 Å². The van der Waals surface area contributed by atoms with E-state index >= 15 is 0 Å². The third-order valence-electron chi connectivity index (χ3n) is 2.38. The standard InChI is InChI=1S/C14H12NO4/c1-18-13(16)11-6-5-9-15(10-11)14(17)19-12-7-3-2-4-8-12/h2-10H,1H3/q+1. The summed E-state index contributed by atoms with van der Waals surface area (Å²) in [6.07, 6.45) is 2.26. The number of rotatable bonds is 2. The second kappa shape index (κ2) is 5.77. The van der Waals surface area contributed by atoms with E-state index in [0.29, 0.717) is 5.75 Å². The first-order chi connectivity index (χ1) is 9.20. The van der Waals surface area contributed by atoms with E-state index in [0.717, 1.165) is 0 Å². The van der Waals surface area contributed by atoms with Gasteiger partial charge < -0.3 is 9.47 Å². The molecule has 1 aromatic carbocycles. The fraction of sp³-hybridized carbons (Fsp3) is 0.0714. The van der Waals surface area contributed by atoms with Crippen molar-refractivity contribution < 1.29 is 23.6 Å². The molecular formula is C14H12NO4+. The molecule has 0 amide bonds. The van der Waals surface area contributed by atoms with Crippen molar-refractivity contribution in [2.45, 2.75) is 0 Å². The number of hydrogen-bond acceptors (Lipinski definition) is 4. The maximum absolute atomic E-state index is 11.9. The Morgan fingerprint density at radius 1 is 1.05 bits per heavy atom. The van der Waals surface area contributed by atoms with E-state index in [1.54, 1.807) is 36.4 Å². The number of esters is 1. The molecule has 0 saturated heterocycles. The number of methoxy groups -OCH3 is 1. The number of aromatic nitrogens is 1. The van der Waals surface area contributed by atoms with Gasteiger partial charge in [0.05, 0.1) is 7.11 Å². The molecule has 1 aromatic heterocycles. The van der Waals surface area contributed by atoms with E-state index < -0.39 is 12.1 Å². The van der Waals surface area contributed by atoms with Crippen LogP contribution >= 0.6 is 0 Å². The molecule has 0 fully saturated rings. The van der Waals surface area contributed by atoms with Crippen LogP contribution in [0.5, 0.6) is 5.75 Å². The average Bonchev–Trinajstić information content (AvgIpc) is 2.47. The smallest absolute Gasteiger partial charge is 0.465 e. The molecule has 0 saturated carbocycles. The minimum atomic E-state index is -0.600. The van der Waals surface area contributed by atoms with Gasteiger partial charge in [-0.3, -0.25) is 0 Å². The van der Waals surface area contributed by atoms with Crippen LogP contribution in [0, 0.1) is 0 Å². The van der Waals surface area contributed by atoms with Gasteiger partial charge in [-0.05, 0) is 18.2 Å². The Balaban J connectivity index is 2.18. The highest BCUT2D eigenvalue weighted by atomic mass is 16.6. The highest BCUT2D eigenvalue weighted by Gasteiger charge is 2.20. The monoisotopic (exact) mass is 258 g/mol. The lowest BCUT2D eigenvalue weighted by Gasteiger charge is -2.00. The molecule has 0 aliphatic heterocycles. The molecule has 0 atom stereocenters. The summed E-state index contributed by atoms with van der Waals surface area (Å²) in [4.78, 5) is 23.2. The van der Waals surface area contributed by atoms with Gasteiger partial charge in [0.2, 0.25) is 0 Å². The Morgan fingerprint density at radius 3 is 2.47 bits per heavy atom. The summed E-state index contributed by atoms with van der Waals surface area (Å²) in [6.45, 7) is 0. The van der Waals surface area contributed by atoms with Gasteiger partial charge in [0.25, 0.3) is 0 Å². The van der Waals surface area contributed by atoms with Gasteiger partial charge in [0.15, 0.2) is 12.4 Å². The fourth-order valence-corrected chi connectivity index (χ4v) is 1.47. The number of hydrogen-bond donors (Lipinski definition) is 0. The van der Waals surface area contributed by atoms with Gasteiger partial charge in [0, 0.05) is 6.07 Å². The summed E-state index contributed by atoms with van der Waals surface area (Å²) in [7, 11) is 1.28. The maximum atomic E-state index is 11.9. The minimum absolute atomic E-state index is 0.273. The van der Waals surface area contributed by atoms with Crippen LogP contribution in [-0.4, -0.2) is 19.2 Å². The summed E-state index contributed by atoms with van der Waals surface area (Å²) >= 11 is 0. The van der Waals surface area contributed by atoms with Crippen LogP contribution < -0.4 is 9.30 Å². The van der Waals surface area contributed by atoms with E-state index in [9.17, 15) is 9.59 Å². The molecule has 19 heavy (non-hydrogen) atoms. The maximum Gasteiger partial charge on any atom is 0.607 e. The summed E-state index contributed by atoms with van der Waals surface area (Å²) in [5, 5.41) is 0. The topological polar surface area (TPSA) is 56.5 Å². The Labute approximate surface area is 110 Å². The van der Waals surface area contributed by atoms with E-state index in [1.807, 2.05) is 6.07 Å². The van der Waals surface area contributed by atoms with E-state index in [2.05, 4.69) is 4.74 Å². The third kappa shape index (κ3) is 3.16. The molecule has 0 radical (unpaired) electrons. The van der Waals surface area contributed by atoms with E-state index in [1.165, 1.54) is 24.1 Å². The van der Waals surface area contributed by atoms with Gasteiger partial charge >= 0.3 is 12.1 Å². The first kappa shape index (κ1) is 12.8. The molecule has 0 aliphatic rings. The molecule has 0 bridgehead atoms. The highest BCUT2D eigenvalue weighted by Crippen LogP contribution is 2.08.